The van der Waals surface area contributed by atoms with Crippen molar-refractivity contribution in [1.29, 1.82) is 0 Å². The van der Waals surface area contributed by atoms with Gasteiger partial charge in [0.15, 0.2) is 0 Å². The van der Waals surface area contributed by atoms with Crippen LogP contribution in [0.3, 0.4) is 0 Å². The van der Waals surface area contributed by atoms with Crippen molar-refractivity contribution in [2.45, 2.75) is 11.0 Å². The van der Waals surface area contributed by atoms with E-state index in [0.29, 0.717) is 6.07 Å². The van der Waals surface area contributed by atoms with Crippen LogP contribution in [-0.4, -0.2) is 61.3 Å². The van der Waals surface area contributed by atoms with E-state index in [1.165, 1.54) is 0 Å². The van der Waals surface area contributed by atoms with Gasteiger partial charge >= 0.3 is 5.97 Å². The summed E-state index contributed by atoms with van der Waals surface area (Å²) >= 11 is 0. The molecule has 7 nitrogen and oxygen atoms in total. The van der Waals surface area contributed by atoms with Gasteiger partial charge < -0.3 is 14.9 Å². The van der Waals surface area contributed by atoms with Crippen LogP contribution < -0.4 is 0 Å². The van der Waals surface area contributed by atoms with Crippen LogP contribution in [-0.2, 0) is 14.8 Å². The molecule has 1 unspecified atom stereocenters. The summed E-state index contributed by atoms with van der Waals surface area (Å²) in [5.74, 6) is -2.47. The number of morpholine rings is 1. The number of aliphatic hydroxyl groups is 1. The van der Waals surface area contributed by atoms with Crippen molar-refractivity contribution < 1.29 is 32.6 Å². The van der Waals surface area contributed by atoms with E-state index in [2.05, 4.69) is 0 Å². The number of aliphatic hydroxyl groups excluding tert-OH is 1. The molecule has 1 fully saturated rings. The first-order valence-corrected chi connectivity index (χ1v) is 7.55. The van der Waals surface area contributed by atoms with Crippen molar-refractivity contribution >= 4 is 16.0 Å². The Morgan fingerprint density at radius 1 is 1.48 bits per heavy atom. The Balaban J connectivity index is 2.33. The Kier molecular flexibility index (Phi) is 4.57. The highest BCUT2D eigenvalue weighted by atomic mass is 32.2. The maximum absolute atomic E-state index is 13.9. The highest BCUT2D eigenvalue weighted by molar-refractivity contribution is 7.89. The lowest BCUT2D eigenvalue weighted by Gasteiger charge is -2.31. The third-order valence-corrected chi connectivity index (χ3v) is 5.00. The zero-order chi connectivity index (χ0) is 15.6. The molecule has 0 saturated carbocycles. The maximum atomic E-state index is 13.9. The molecule has 1 aliphatic heterocycles. The molecule has 0 bridgehead atoms. The lowest BCUT2D eigenvalue weighted by atomic mass is 10.2. The number of halogens is 1. The number of nitrogens with zero attached hydrogens (tertiary/aromatic N) is 1. The van der Waals surface area contributed by atoms with Crippen LogP contribution in [0.4, 0.5) is 4.39 Å². The van der Waals surface area contributed by atoms with Gasteiger partial charge in [-0.3, -0.25) is 0 Å². The second-order valence-corrected chi connectivity index (χ2v) is 6.40. The number of sulfonamides is 1. The Bertz CT molecular complexity index is 647. The van der Waals surface area contributed by atoms with E-state index in [0.717, 1.165) is 16.4 Å². The highest BCUT2D eigenvalue weighted by Gasteiger charge is 2.32. The second-order valence-electron chi connectivity index (χ2n) is 4.49. The SMILES string of the molecule is O=C(O)c1ccc(S(=O)(=O)N2CCOC(CO)C2)c(F)c1. The number of aromatic carboxylic acids is 1. The molecule has 9 heteroatoms. The molecule has 0 radical (unpaired) electrons. The smallest absolute Gasteiger partial charge is 0.335 e. The molecule has 0 spiro atoms. The standard InChI is InChI=1S/C12H14FNO6S/c13-10-5-8(12(16)17)1-2-11(10)21(18,19)14-3-4-20-9(6-14)7-15/h1-2,5,9,15H,3-4,6-7H2,(H,16,17). The summed E-state index contributed by atoms with van der Waals surface area (Å²) in [4.78, 5) is 10.1. The van der Waals surface area contributed by atoms with Crippen molar-refractivity contribution in [2.75, 3.05) is 26.3 Å². The van der Waals surface area contributed by atoms with Crippen molar-refractivity contribution in [3.8, 4) is 0 Å². The second kappa shape index (κ2) is 6.06. The summed E-state index contributed by atoms with van der Waals surface area (Å²) in [7, 11) is -4.10. The number of benzene rings is 1. The Labute approximate surface area is 120 Å². The van der Waals surface area contributed by atoms with Crippen LogP contribution in [0.15, 0.2) is 23.1 Å². The Morgan fingerprint density at radius 3 is 2.76 bits per heavy atom. The van der Waals surface area contributed by atoms with Crippen LogP contribution >= 0.6 is 0 Å². The van der Waals surface area contributed by atoms with Gasteiger partial charge in [-0.05, 0) is 18.2 Å². The fourth-order valence-corrected chi connectivity index (χ4v) is 3.50. The average Bonchev–Trinajstić information content (AvgIpc) is 2.46. The predicted octanol–water partition coefficient (Wildman–Crippen LogP) is -0.0943. The third kappa shape index (κ3) is 3.21. The normalized spacial score (nSPS) is 20.4. The minimum Gasteiger partial charge on any atom is -0.478 e. The molecule has 116 valence electrons. The van der Waals surface area contributed by atoms with Gasteiger partial charge in [-0.2, -0.15) is 4.31 Å². The number of hydrogen-bond acceptors (Lipinski definition) is 5. The minimum absolute atomic E-state index is 0.0406. The van der Waals surface area contributed by atoms with Crippen molar-refractivity contribution in [2.24, 2.45) is 0 Å². The summed E-state index contributed by atoms with van der Waals surface area (Å²) in [6, 6.07) is 2.62. The molecule has 2 N–H and O–H groups in total. The molecule has 1 aliphatic rings. The Morgan fingerprint density at radius 2 is 2.19 bits per heavy atom. The molecular weight excluding hydrogens is 305 g/mol. The summed E-state index contributed by atoms with van der Waals surface area (Å²) in [5, 5.41) is 17.8. The van der Waals surface area contributed by atoms with Gasteiger partial charge in [0.25, 0.3) is 0 Å². The topological polar surface area (TPSA) is 104 Å². The molecule has 0 amide bonds. The van der Waals surface area contributed by atoms with Crippen LogP contribution in [0.2, 0.25) is 0 Å². The van der Waals surface area contributed by atoms with Crippen LogP contribution in [0, 0.1) is 5.82 Å². The zero-order valence-electron chi connectivity index (χ0n) is 10.9. The van der Waals surface area contributed by atoms with Gasteiger partial charge in [-0.1, -0.05) is 0 Å². The van der Waals surface area contributed by atoms with E-state index in [1.54, 1.807) is 0 Å². The van der Waals surface area contributed by atoms with Gasteiger partial charge in [0.05, 0.1) is 24.9 Å². The molecular formula is C12H14FNO6S. The molecule has 1 heterocycles. The summed E-state index contributed by atoms with van der Waals surface area (Å²) in [6.07, 6.45) is -0.658. The van der Waals surface area contributed by atoms with Crippen molar-refractivity contribution in [1.82, 2.24) is 4.31 Å². The molecule has 21 heavy (non-hydrogen) atoms. The monoisotopic (exact) mass is 319 g/mol. The summed E-state index contributed by atoms with van der Waals surface area (Å²) in [6.45, 7) is -0.288. The number of rotatable bonds is 4. The van der Waals surface area contributed by atoms with Crippen LogP contribution in [0.1, 0.15) is 10.4 Å². The first-order valence-electron chi connectivity index (χ1n) is 6.11. The molecule has 1 atom stereocenters. The van der Waals surface area contributed by atoms with Gasteiger partial charge in [-0.25, -0.2) is 17.6 Å². The Hall–Kier alpha value is -1.55. The third-order valence-electron chi connectivity index (χ3n) is 3.10. The van der Waals surface area contributed by atoms with Crippen molar-refractivity contribution in [3.63, 3.8) is 0 Å². The maximum Gasteiger partial charge on any atom is 0.335 e. The summed E-state index contributed by atoms with van der Waals surface area (Å²) in [5.41, 5.74) is -0.332. The fourth-order valence-electron chi connectivity index (χ4n) is 2.00. The van der Waals surface area contributed by atoms with E-state index in [1.807, 2.05) is 0 Å². The largest absolute Gasteiger partial charge is 0.478 e. The molecule has 1 aromatic carbocycles. The number of ether oxygens (including phenoxy) is 1. The van der Waals surface area contributed by atoms with Gasteiger partial charge in [-0.15, -0.1) is 0 Å². The highest BCUT2D eigenvalue weighted by Crippen LogP contribution is 2.22. The summed E-state index contributed by atoms with van der Waals surface area (Å²) < 4.78 is 44.7. The quantitative estimate of drug-likeness (QED) is 0.803. The molecule has 0 aliphatic carbocycles. The number of carboxylic acid groups (broad SMARTS) is 1. The average molecular weight is 319 g/mol. The van der Waals surface area contributed by atoms with E-state index >= 15 is 0 Å². The van der Waals surface area contributed by atoms with Crippen LogP contribution in [0.25, 0.3) is 0 Å². The number of carbonyl (C=O) groups is 1. The number of hydrogen-bond donors (Lipinski definition) is 2. The van der Waals surface area contributed by atoms with Crippen LogP contribution in [0.5, 0.6) is 0 Å². The van der Waals surface area contributed by atoms with Crippen molar-refractivity contribution in [3.05, 3.63) is 29.6 Å². The van der Waals surface area contributed by atoms with Gasteiger partial charge in [0, 0.05) is 13.1 Å². The predicted molar refractivity (Wildman–Crippen MR) is 68.9 cm³/mol. The molecule has 1 aromatic rings. The van der Waals surface area contributed by atoms with E-state index < -0.39 is 32.8 Å². The molecule has 1 saturated heterocycles. The van der Waals surface area contributed by atoms with Gasteiger partial charge in [0.1, 0.15) is 10.7 Å². The fraction of sp³-hybridized carbons (Fsp3) is 0.417. The first-order chi connectivity index (χ1) is 9.86. The minimum atomic E-state index is -4.10. The lowest BCUT2D eigenvalue weighted by Crippen LogP contribution is -2.46. The van der Waals surface area contributed by atoms with E-state index in [9.17, 15) is 17.6 Å². The van der Waals surface area contributed by atoms with E-state index in [4.69, 9.17) is 14.9 Å². The molecule has 2 rings (SSSR count). The number of carboxylic acids is 1. The van der Waals surface area contributed by atoms with E-state index in [-0.39, 0.29) is 31.9 Å². The molecule has 0 aromatic heterocycles. The first kappa shape index (κ1) is 15.8. The zero-order valence-corrected chi connectivity index (χ0v) is 11.7. The lowest BCUT2D eigenvalue weighted by molar-refractivity contribution is -0.0305. The van der Waals surface area contributed by atoms with Gasteiger partial charge in [0.2, 0.25) is 10.0 Å².